The molecule has 0 unspecified atom stereocenters. The molecule has 2 aromatic carbocycles. The quantitative estimate of drug-likeness (QED) is 0.697. The minimum Gasteiger partial charge on any atom is -0.495 e. The van der Waals surface area contributed by atoms with Gasteiger partial charge in [0.15, 0.2) is 6.10 Å². The summed E-state index contributed by atoms with van der Waals surface area (Å²) < 4.78 is 38.9. The minimum absolute atomic E-state index is 0.0535. The molecule has 7 nitrogen and oxygen atoms in total. The number of ether oxygens (including phenoxy) is 2. The molecule has 1 atom stereocenters. The Morgan fingerprint density at radius 1 is 1.06 bits per heavy atom. The number of methoxy groups -OCH3 is 1. The fourth-order valence-corrected chi connectivity index (χ4v) is 5.24. The molecule has 1 amide bonds. The average molecular weight is 447 g/mol. The van der Waals surface area contributed by atoms with Gasteiger partial charge in [0.05, 0.1) is 7.11 Å². The second-order valence-corrected chi connectivity index (χ2v) is 9.68. The van der Waals surface area contributed by atoms with E-state index in [2.05, 4.69) is 5.32 Å². The molecular weight excluding hydrogens is 416 g/mol. The highest BCUT2D eigenvalue weighted by molar-refractivity contribution is 7.89. The Labute approximate surface area is 184 Å². The minimum atomic E-state index is -3.72. The van der Waals surface area contributed by atoms with Crippen LogP contribution in [-0.4, -0.2) is 44.9 Å². The fourth-order valence-electron chi connectivity index (χ4n) is 3.54. The number of nitrogens with one attached hydrogen (secondary N) is 1. The molecule has 0 aliphatic carbocycles. The number of carbonyl (C=O) groups is 1. The molecule has 0 saturated carbocycles. The van der Waals surface area contributed by atoms with Crippen LogP contribution in [0.25, 0.3) is 0 Å². The number of rotatable bonds is 7. The van der Waals surface area contributed by atoms with Crippen molar-refractivity contribution in [3.8, 4) is 11.5 Å². The number of carbonyl (C=O) groups excluding carboxylic acids is 1. The number of amides is 1. The zero-order chi connectivity index (χ0) is 22.6. The molecule has 1 heterocycles. The number of hydrogen-bond donors (Lipinski definition) is 1. The third-order valence-electron chi connectivity index (χ3n) is 5.59. The zero-order valence-corrected chi connectivity index (χ0v) is 19.3. The van der Waals surface area contributed by atoms with Gasteiger partial charge in [-0.3, -0.25) is 4.79 Å². The summed E-state index contributed by atoms with van der Waals surface area (Å²) in [7, 11) is -2.28. The zero-order valence-electron chi connectivity index (χ0n) is 18.5. The SMILES string of the molecule is COc1ccc(NC(=O)[C@@H](C)Oc2cccc(C)c2C)cc1S(=O)(=O)N1CCCCC1. The lowest BCUT2D eigenvalue weighted by Crippen LogP contribution is -2.36. The van der Waals surface area contributed by atoms with E-state index in [-0.39, 0.29) is 16.6 Å². The van der Waals surface area contributed by atoms with Gasteiger partial charge < -0.3 is 14.8 Å². The normalized spacial score (nSPS) is 15.9. The smallest absolute Gasteiger partial charge is 0.265 e. The van der Waals surface area contributed by atoms with E-state index in [4.69, 9.17) is 9.47 Å². The molecule has 1 aliphatic rings. The lowest BCUT2D eigenvalue weighted by molar-refractivity contribution is -0.122. The van der Waals surface area contributed by atoms with E-state index in [1.165, 1.54) is 17.5 Å². The lowest BCUT2D eigenvalue weighted by atomic mass is 10.1. The Hall–Kier alpha value is -2.58. The predicted molar refractivity (Wildman–Crippen MR) is 120 cm³/mol. The molecule has 2 aromatic rings. The van der Waals surface area contributed by atoms with Gasteiger partial charge in [-0.2, -0.15) is 4.31 Å². The van der Waals surface area contributed by atoms with E-state index in [0.29, 0.717) is 24.5 Å². The van der Waals surface area contributed by atoms with Crippen molar-refractivity contribution in [3.05, 3.63) is 47.5 Å². The standard InChI is InChI=1S/C23H30N2O5S/c1-16-9-8-10-20(17(16)2)30-18(3)23(26)24-19-11-12-21(29-4)22(15-19)31(27,28)25-13-6-5-7-14-25/h8-12,15,18H,5-7,13-14H2,1-4H3,(H,24,26)/t18-/m1/s1. The van der Waals surface area contributed by atoms with Crippen LogP contribution in [0.4, 0.5) is 5.69 Å². The molecule has 8 heteroatoms. The van der Waals surface area contributed by atoms with Gasteiger partial charge in [-0.25, -0.2) is 8.42 Å². The third kappa shape index (κ3) is 5.19. The van der Waals surface area contributed by atoms with Crippen LogP contribution >= 0.6 is 0 Å². The topological polar surface area (TPSA) is 84.9 Å². The summed E-state index contributed by atoms with van der Waals surface area (Å²) in [6.07, 6.45) is 1.94. The summed E-state index contributed by atoms with van der Waals surface area (Å²) in [6.45, 7) is 6.56. The number of anilines is 1. The molecule has 1 aliphatic heterocycles. The summed E-state index contributed by atoms with van der Waals surface area (Å²) in [4.78, 5) is 12.8. The first-order valence-corrected chi connectivity index (χ1v) is 11.9. The maximum Gasteiger partial charge on any atom is 0.265 e. The van der Waals surface area contributed by atoms with Crippen LogP contribution < -0.4 is 14.8 Å². The van der Waals surface area contributed by atoms with Crippen molar-refractivity contribution in [2.75, 3.05) is 25.5 Å². The predicted octanol–water partition coefficient (Wildman–Crippen LogP) is 3.89. The highest BCUT2D eigenvalue weighted by atomic mass is 32.2. The average Bonchev–Trinajstić information content (AvgIpc) is 2.77. The Morgan fingerprint density at radius 2 is 1.77 bits per heavy atom. The first kappa shape index (κ1) is 23.1. The molecule has 1 fully saturated rings. The van der Waals surface area contributed by atoms with Gasteiger partial charge in [0.25, 0.3) is 5.91 Å². The molecule has 0 bridgehead atoms. The van der Waals surface area contributed by atoms with Crippen molar-refractivity contribution in [1.82, 2.24) is 4.31 Å². The first-order chi connectivity index (χ1) is 14.7. The Balaban J connectivity index is 1.79. The summed E-state index contributed by atoms with van der Waals surface area (Å²) in [5.41, 5.74) is 2.42. The second-order valence-electron chi connectivity index (χ2n) is 7.78. The number of hydrogen-bond acceptors (Lipinski definition) is 5. The largest absolute Gasteiger partial charge is 0.495 e. The molecule has 0 radical (unpaired) electrons. The highest BCUT2D eigenvalue weighted by Crippen LogP contribution is 2.31. The number of sulfonamides is 1. The van der Waals surface area contributed by atoms with Gasteiger partial charge in [-0.05, 0) is 69.0 Å². The van der Waals surface area contributed by atoms with Gasteiger partial charge in [0.2, 0.25) is 10.0 Å². The van der Waals surface area contributed by atoms with Gasteiger partial charge in [-0.15, -0.1) is 0 Å². The monoisotopic (exact) mass is 446 g/mol. The Kier molecular flexibility index (Phi) is 7.23. The van der Waals surface area contributed by atoms with Crippen molar-refractivity contribution in [2.45, 2.75) is 51.0 Å². The van der Waals surface area contributed by atoms with Crippen molar-refractivity contribution in [1.29, 1.82) is 0 Å². The van der Waals surface area contributed by atoms with Gasteiger partial charge in [-0.1, -0.05) is 18.6 Å². The molecule has 168 valence electrons. The maximum atomic E-state index is 13.2. The number of aryl methyl sites for hydroxylation is 1. The number of benzene rings is 2. The van der Waals surface area contributed by atoms with E-state index in [0.717, 1.165) is 30.4 Å². The summed E-state index contributed by atoms with van der Waals surface area (Å²) >= 11 is 0. The molecule has 1 saturated heterocycles. The van der Waals surface area contributed by atoms with Gasteiger partial charge in [0, 0.05) is 18.8 Å². The van der Waals surface area contributed by atoms with Gasteiger partial charge >= 0.3 is 0 Å². The van der Waals surface area contributed by atoms with Crippen LogP contribution in [0.1, 0.15) is 37.3 Å². The first-order valence-electron chi connectivity index (χ1n) is 10.5. The molecule has 0 aromatic heterocycles. The van der Waals surface area contributed by atoms with Crippen LogP contribution in [0.5, 0.6) is 11.5 Å². The van der Waals surface area contributed by atoms with Crippen LogP contribution in [0.15, 0.2) is 41.3 Å². The van der Waals surface area contributed by atoms with E-state index in [1.54, 1.807) is 19.1 Å². The van der Waals surface area contributed by atoms with Crippen molar-refractivity contribution >= 4 is 21.6 Å². The van der Waals surface area contributed by atoms with E-state index < -0.39 is 16.1 Å². The number of piperidine rings is 1. The second kappa shape index (κ2) is 9.70. The molecule has 1 N–H and O–H groups in total. The van der Waals surface area contributed by atoms with E-state index in [9.17, 15) is 13.2 Å². The van der Waals surface area contributed by atoms with E-state index >= 15 is 0 Å². The van der Waals surface area contributed by atoms with Crippen molar-refractivity contribution in [3.63, 3.8) is 0 Å². The van der Waals surface area contributed by atoms with Crippen LogP contribution in [0, 0.1) is 13.8 Å². The molecular formula is C23H30N2O5S. The molecule has 0 spiro atoms. The van der Waals surface area contributed by atoms with Gasteiger partial charge in [0.1, 0.15) is 16.4 Å². The Bertz CT molecular complexity index is 1050. The summed E-state index contributed by atoms with van der Waals surface area (Å²) in [6, 6.07) is 10.3. The summed E-state index contributed by atoms with van der Waals surface area (Å²) in [5.74, 6) is 0.529. The van der Waals surface area contributed by atoms with E-state index in [1.807, 2.05) is 32.0 Å². The van der Waals surface area contributed by atoms with Crippen molar-refractivity contribution in [2.24, 2.45) is 0 Å². The summed E-state index contributed by atoms with van der Waals surface area (Å²) in [5, 5.41) is 2.76. The highest BCUT2D eigenvalue weighted by Gasteiger charge is 2.29. The van der Waals surface area contributed by atoms with Crippen LogP contribution in [-0.2, 0) is 14.8 Å². The number of nitrogens with zero attached hydrogens (tertiary/aromatic N) is 1. The lowest BCUT2D eigenvalue weighted by Gasteiger charge is -2.26. The third-order valence-corrected chi connectivity index (χ3v) is 7.51. The molecule has 3 rings (SSSR count). The van der Waals surface area contributed by atoms with Crippen LogP contribution in [0.2, 0.25) is 0 Å². The van der Waals surface area contributed by atoms with Crippen LogP contribution in [0.3, 0.4) is 0 Å². The molecule has 31 heavy (non-hydrogen) atoms. The Morgan fingerprint density at radius 3 is 2.45 bits per heavy atom. The maximum absolute atomic E-state index is 13.2. The fraction of sp³-hybridized carbons (Fsp3) is 0.435. The van der Waals surface area contributed by atoms with Crippen molar-refractivity contribution < 1.29 is 22.7 Å².